The summed E-state index contributed by atoms with van der Waals surface area (Å²) in [5.41, 5.74) is 0.794. The Morgan fingerprint density at radius 2 is 2.21 bits per heavy atom. The van der Waals surface area contributed by atoms with Gasteiger partial charge in [0, 0.05) is 18.2 Å². The van der Waals surface area contributed by atoms with E-state index in [-0.39, 0.29) is 0 Å². The quantitative estimate of drug-likeness (QED) is 0.919. The summed E-state index contributed by atoms with van der Waals surface area (Å²) in [4.78, 5) is 0. The van der Waals surface area contributed by atoms with Gasteiger partial charge in [-0.1, -0.05) is 12.8 Å². The smallest absolute Gasteiger partial charge is 0.0963 e. The molecule has 0 radical (unpaired) electrons. The molecule has 0 aliphatic heterocycles. The second-order valence-corrected chi connectivity index (χ2v) is 5.69. The van der Waals surface area contributed by atoms with Crippen LogP contribution >= 0.6 is 0 Å². The van der Waals surface area contributed by atoms with E-state index in [9.17, 15) is 5.11 Å². The Kier molecular flexibility index (Phi) is 3.19. The van der Waals surface area contributed by atoms with Gasteiger partial charge in [0.25, 0.3) is 0 Å². The number of aliphatic hydroxyl groups is 1. The van der Waals surface area contributed by atoms with Gasteiger partial charge in [0.1, 0.15) is 0 Å². The fourth-order valence-corrected chi connectivity index (χ4v) is 2.87. The van der Waals surface area contributed by atoms with Crippen molar-refractivity contribution in [3.05, 3.63) is 42.1 Å². The van der Waals surface area contributed by atoms with Crippen LogP contribution in [0.3, 0.4) is 0 Å². The van der Waals surface area contributed by atoms with Crippen LogP contribution in [0.15, 0.2) is 35.3 Å². The minimum atomic E-state index is -0.929. The van der Waals surface area contributed by atoms with E-state index in [0.717, 1.165) is 11.3 Å². The summed E-state index contributed by atoms with van der Waals surface area (Å²) in [6.45, 7) is 1.80. The molecule has 2 heterocycles. The molecule has 0 saturated heterocycles. The van der Waals surface area contributed by atoms with E-state index in [1.54, 1.807) is 25.5 Å². The zero-order valence-electron chi connectivity index (χ0n) is 11.2. The lowest BCUT2D eigenvalue weighted by Gasteiger charge is -2.20. The fourth-order valence-electron chi connectivity index (χ4n) is 2.87. The molecule has 0 spiro atoms. The van der Waals surface area contributed by atoms with Gasteiger partial charge in [0.15, 0.2) is 0 Å². The van der Waals surface area contributed by atoms with Crippen molar-refractivity contribution in [1.82, 2.24) is 9.78 Å². The second kappa shape index (κ2) is 4.85. The number of hydrogen-bond donors (Lipinski definition) is 1. The number of furan rings is 1. The third-order valence-electron chi connectivity index (χ3n) is 4.03. The molecule has 102 valence electrons. The van der Waals surface area contributed by atoms with E-state index >= 15 is 0 Å². The van der Waals surface area contributed by atoms with Crippen LogP contribution in [-0.2, 0) is 12.0 Å². The van der Waals surface area contributed by atoms with Crippen LogP contribution in [0, 0.1) is 0 Å². The topological polar surface area (TPSA) is 51.2 Å². The zero-order valence-corrected chi connectivity index (χ0v) is 11.2. The minimum absolute atomic E-state index is 0.506. The summed E-state index contributed by atoms with van der Waals surface area (Å²) in [5.74, 6) is 0. The monoisotopic (exact) mass is 260 g/mol. The molecule has 1 saturated carbocycles. The summed E-state index contributed by atoms with van der Waals surface area (Å²) in [7, 11) is 0. The Bertz CT molecular complexity index is 522. The van der Waals surface area contributed by atoms with Crippen LogP contribution in [0.5, 0.6) is 0 Å². The van der Waals surface area contributed by atoms with Crippen molar-refractivity contribution < 1.29 is 9.52 Å². The molecule has 4 nitrogen and oxygen atoms in total. The SMILES string of the molecule is CC(O)(Cc1ccn(C2CCCC2)n1)c1ccoc1. The van der Waals surface area contributed by atoms with E-state index in [1.165, 1.54) is 25.7 Å². The van der Waals surface area contributed by atoms with Crippen molar-refractivity contribution in [1.29, 1.82) is 0 Å². The first kappa shape index (κ1) is 12.5. The molecule has 1 unspecified atom stereocenters. The molecule has 2 aromatic rings. The normalized spacial score (nSPS) is 19.7. The summed E-state index contributed by atoms with van der Waals surface area (Å²) in [6, 6.07) is 4.36. The molecule has 1 aliphatic rings. The molecule has 4 heteroatoms. The largest absolute Gasteiger partial charge is 0.472 e. The van der Waals surface area contributed by atoms with Crippen LogP contribution < -0.4 is 0 Å². The number of rotatable bonds is 4. The first-order valence-electron chi connectivity index (χ1n) is 6.94. The maximum Gasteiger partial charge on any atom is 0.0963 e. The van der Waals surface area contributed by atoms with Crippen molar-refractivity contribution in [2.45, 2.75) is 50.7 Å². The molecule has 2 aromatic heterocycles. The molecule has 1 fully saturated rings. The maximum absolute atomic E-state index is 10.5. The van der Waals surface area contributed by atoms with Gasteiger partial charge < -0.3 is 9.52 Å². The highest BCUT2D eigenvalue weighted by Gasteiger charge is 2.26. The lowest BCUT2D eigenvalue weighted by molar-refractivity contribution is 0.0557. The Labute approximate surface area is 113 Å². The van der Waals surface area contributed by atoms with Crippen LogP contribution in [0.1, 0.15) is 49.9 Å². The molecule has 19 heavy (non-hydrogen) atoms. The zero-order chi connectivity index (χ0) is 13.3. The lowest BCUT2D eigenvalue weighted by Crippen LogP contribution is -2.24. The minimum Gasteiger partial charge on any atom is -0.472 e. The summed E-state index contributed by atoms with van der Waals surface area (Å²) >= 11 is 0. The number of nitrogens with zero attached hydrogens (tertiary/aromatic N) is 2. The van der Waals surface area contributed by atoms with Crippen molar-refractivity contribution in [2.75, 3.05) is 0 Å². The molecule has 3 rings (SSSR count). The lowest BCUT2D eigenvalue weighted by atomic mass is 9.94. The van der Waals surface area contributed by atoms with Crippen molar-refractivity contribution in [3.63, 3.8) is 0 Å². The van der Waals surface area contributed by atoms with Gasteiger partial charge in [0.2, 0.25) is 0 Å². The van der Waals surface area contributed by atoms with Crippen molar-refractivity contribution in [2.24, 2.45) is 0 Å². The summed E-state index contributed by atoms with van der Waals surface area (Å²) in [6.07, 6.45) is 10.8. The van der Waals surface area contributed by atoms with E-state index < -0.39 is 5.60 Å². The highest BCUT2D eigenvalue weighted by Crippen LogP contribution is 2.30. The average Bonchev–Trinajstić information content (AvgIpc) is 3.11. The van der Waals surface area contributed by atoms with E-state index in [1.807, 2.05) is 12.3 Å². The van der Waals surface area contributed by atoms with Gasteiger partial charge in [-0.3, -0.25) is 4.68 Å². The molecular formula is C15H20N2O2. The third kappa shape index (κ3) is 2.59. The molecule has 1 N–H and O–H groups in total. The molecular weight excluding hydrogens is 240 g/mol. The average molecular weight is 260 g/mol. The second-order valence-electron chi connectivity index (χ2n) is 5.69. The molecule has 0 amide bonds. The summed E-state index contributed by atoms with van der Waals surface area (Å²) in [5, 5.41) is 15.1. The van der Waals surface area contributed by atoms with Gasteiger partial charge in [0.05, 0.1) is 29.9 Å². The van der Waals surface area contributed by atoms with Crippen molar-refractivity contribution in [3.8, 4) is 0 Å². The van der Waals surface area contributed by atoms with E-state index in [4.69, 9.17) is 4.42 Å². The predicted octanol–water partition coefficient (Wildman–Crippen LogP) is 3.04. The van der Waals surface area contributed by atoms with Crippen LogP contribution in [-0.4, -0.2) is 14.9 Å². The van der Waals surface area contributed by atoms with E-state index in [0.29, 0.717) is 12.5 Å². The van der Waals surface area contributed by atoms with Crippen LogP contribution in [0.2, 0.25) is 0 Å². The Morgan fingerprint density at radius 3 is 2.89 bits per heavy atom. The van der Waals surface area contributed by atoms with E-state index in [2.05, 4.69) is 9.78 Å². The Hall–Kier alpha value is -1.55. The highest BCUT2D eigenvalue weighted by molar-refractivity contribution is 5.18. The highest BCUT2D eigenvalue weighted by atomic mass is 16.3. The van der Waals surface area contributed by atoms with Crippen molar-refractivity contribution >= 4 is 0 Å². The molecule has 1 atom stereocenters. The first-order chi connectivity index (χ1) is 9.15. The standard InChI is InChI=1S/C15H20N2O2/c1-15(18,12-7-9-19-11-12)10-13-6-8-17(16-13)14-4-2-3-5-14/h6-9,11,14,18H,2-5,10H2,1H3. The fraction of sp³-hybridized carbons (Fsp3) is 0.533. The molecule has 0 aromatic carbocycles. The number of hydrogen-bond acceptors (Lipinski definition) is 3. The molecule has 0 bridgehead atoms. The predicted molar refractivity (Wildman–Crippen MR) is 71.7 cm³/mol. The number of aromatic nitrogens is 2. The van der Waals surface area contributed by atoms with Gasteiger partial charge in [-0.05, 0) is 31.9 Å². The van der Waals surface area contributed by atoms with Gasteiger partial charge in [-0.15, -0.1) is 0 Å². The van der Waals surface area contributed by atoms with Gasteiger partial charge in [-0.25, -0.2) is 0 Å². The van der Waals surface area contributed by atoms with Gasteiger partial charge in [-0.2, -0.15) is 5.10 Å². The van der Waals surface area contributed by atoms with Crippen LogP contribution in [0.25, 0.3) is 0 Å². The Morgan fingerprint density at radius 1 is 1.42 bits per heavy atom. The molecule has 1 aliphatic carbocycles. The van der Waals surface area contributed by atoms with Gasteiger partial charge >= 0.3 is 0 Å². The first-order valence-corrected chi connectivity index (χ1v) is 6.94. The Balaban J connectivity index is 1.73. The third-order valence-corrected chi connectivity index (χ3v) is 4.03. The van der Waals surface area contributed by atoms with Crippen LogP contribution in [0.4, 0.5) is 0 Å². The maximum atomic E-state index is 10.5. The summed E-state index contributed by atoms with van der Waals surface area (Å²) < 4.78 is 7.10.